The number of alkyl halides is 5. The molecule has 0 saturated heterocycles. The third-order valence-electron chi connectivity index (χ3n) is 3.35. The van der Waals surface area contributed by atoms with Crippen LogP contribution in [0.3, 0.4) is 0 Å². The van der Waals surface area contributed by atoms with Crippen molar-refractivity contribution < 1.29 is 26.7 Å². The molecule has 1 aromatic carbocycles. The summed E-state index contributed by atoms with van der Waals surface area (Å²) in [6.45, 7) is -1.78. The number of pyridine rings is 1. The number of nitrogens with zero attached hydrogens (tertiary/aromatic N) is 2. The summed E-state index contributed by atoms with van der Waals surface area (Å²) in [5.74, 6) is -4.68. The van der Waals surface area contributed by atoms with Gasteiger partial charge < -0.3 is 9.72 Å². The SMILES string of the molecule is FC(F)(F)C(F)(F)COc1ccnc(CSc2nc3ccccc3[nH]2)c1. The second kappa shape index (κ2) is 7.10. The van der Waals surface area contributed by atoms with E-state index in [0.717, 1.165) is 11.0 Å². The number of nitrogens with one attached hydrogen (secondary N) is 1. The van der Waals surface area contributed by atoms with E-state index in [2.05, 4.69) is 19.7 Å². The third-order valence-corrected chi connectivity index (χ3v) is 4.25. The number of rotatable bonds is 6. The molecule has 0 aliphatic carbocycles. The first-order chi connectivity index (χ1) is 12.2. The average molecular weight is 389 g/mol. The molecule has 0 unspecified atom stereocenters. The smallest absolute Gasteiger partial charge is 0.456 e. The minimum Gasteiger partial charge on any atom is -0.487 e. The number of benzene rings is 1. The number of aromatic amines is 1. The molecule has 0 amide bonds. The number of imidazole rings is 1. The van der Waals surface area contributed by atoms with Crippen molar-refractivity contribution in [2.45, 2.75) is 23.0 Å². The zero-order valence-electron chi connectivity index (χ0n) is 13.1. The number of aromatic nitrogens is 3. The van der Waals surface area contributed by atoms with E-state index in [-0.39, 0.29) is 5.75 Å². The molecule has 0 saturated carbocycles. The molecular weight excluding hydrogens is 377 g/mol. The molecule has 26 heavy (non-hydrogen) atoms. The van der Waals surface area contributed by atoms with Gasteiger partial charge in [-0.3, -0.25) is 4.98 Å². The minimum absolute atomic E-state index is 0.107. The molecule has 3 rings (SSSR count). The highest BCUT2D eigenvalue weighted by molar-refractivity contribution is 7.98. The van der Waals surface area contributed by atoms with Gasteiger partial charge in [0.25, 0.3) is 0 Å². The molecule has 10 heteroatoms. The molecule has 138 valence electrons. The van der Waals surface area contributed by atoms with Crippen LogP contribution >= 0.6 is 11.8 Å². The predicted octanol–water partition coefficient (Wildman–Crippen LogP) is 4.83. The monoisotopic (exact) mass is 389 g/mol. The number of H-pyrrole nitrogens is 1. The largest absolute Gasteiger partial charge is 0.487 e. The summed E-state index contributed by atoms with van der Waals surface area (Å²) >= 11 is 1.32. The Morgan fingerprint density at radius 2 is 1.85 bits per heavy atom. The molecule has 2 heterocycles. The van der Waals surface area contributed by atoms with Gasteiger partial charge in [0.15, 0.2) is 11.8 Å². The molecule has 0 fully saturated rings. The summed E-state index contributed by atoms with van der Waals surface area (Å²) in [6.07, 6.45) is -4.37. The van der Waals surface area contributed by atoms with Crippen LogP contribution < -0.4 is 4.74 Å². The summed E-state index contributed by atoms with van der Waals surface area (Å²) in [5.41, 5.74) is 2.13. The molecule has 0 bridgehead atoms. The fraction of sp³-hybridized carbons (Fsp3) is 0.250. The average Bonchev–Trinajstić information content (AvgIpc) is 3.01. The molecule has 0 atom stereocenters. The highest BCUT2D eigenvalue weighted by Gasteiger charge is 2.58. The van der Waals surface area contributed by atoms with Crippen molar-refractivity contribution >= 4 is 22.8 Å². The van der Waals surface area contributed by atoms with E-state index in [0.29, 0.717) is 16.6 Å². The van der Waals surface area contributed by atoms with Crippen LogP contribution in [-0.2, 0) is 5.75 Å². The van der Waals surface area contributed by atoms with Crippen LogP contribution in [0.1, 0.15) is 5.69 Å². The van der Waals surface area contributed by atoms with E-state index in [1.807, 2.05) is 24.3 Å². The van der Waals surface area contributed by atoms with Crippen molar-refractivity contribution in [3.05, 3.63) is 48.3 Å². The van der Waals surface area contributed by atoms with Gasteiger partial charge >= 0.3 is 12.1 Å². The number of halogens is 5. The summed E-state index contributed by atoms with van der Waals surface area (Å²) in [6, 6.07) is 10.00. The normalized spacial score (nSPS) is 12.5. The molecule has 3 aromatic rings. The predicted molar refractivity (Wildman–Crippen MR) is 86.4 cm³/mol. The Kier molecular flexibility index (Phi) is 5.03. The fourth-order valence-electron chi connectivity index (χ4n) is 2.02. The summed E-state index contributed by atoms with van der Waals surface area (Å²) in [4.78, 5) is 11.5. The van der Waals surface area contributed by atoms with Crippen LogP contribution in [0.5, 0.6) is 5.75 Å². The molecule has 0 aliphatic heterocycles. The van der Waals surface area contributed by atoms with Crippen molar-refractivity contribution in [2.75, 3.05) is 6.61 Å². The lowest BCUT2D eigenvalue weighted by Crippen LogP contribution is -2.41. The van der Waals surface area contributed by atoms with Gasteiger partial charge in [0.2, 0.25) is 0 Å². The van der Waals surface area contributed by atoms with Crippen LogP contribution in [-0.4, -0.2) is 33.7 Å². The van der Waals surface area contributed by atoms with E-state index in [9.17, 15) is 22.0 Å². The van der Waals surface area contributed by atoms with Gasteiger partial charge in [0.1, 0.15) is 5.75 Å². The van der Waals surface area contributed by atoms with E-state index in [1.165, 1.54) is 30.1 Å². The summed E-state index contributed by atoms with van der Waals surface area (Å²) in [5, 5.41) is 0.642. The van der Waals surface area contributed by atoms with Gasteiger partial charge in [-0.15, -0.1) is 0 Å². The Bertz CT molecular complexity index is 864. The Balaban J connectivity index is 1.62. The second-order valence-corrected chi connectivity index (χ2v) is 6.29. The van der Waals surface area contributed by atoms with Gasteiger partial charge in [-0.25, -0.2) is 4.98 Å². The van der Waals surface area contributed by atoms with Gasteiger partial charge in [-0.05, 0) is 18.2 Å². The first-order valence-corrected chi connectivity index (χ1v) is 8.33. The van der Waals surface area contributed by atoms with Crippen molar-refractivity contribution in [1.82, 2.24) is 15.0 Å². The number of fused-ring (bicyclic) bond motifs is 1. The molecule has 4 nitrogen and oxygen atoms in total. The Hall–Kier alpha value is -2.36. The van der Waals surface area contributed by atoms with Crippen LogP contribution in [0.15, 0.2) is 47.8 Å². The highest BCUT2D eigenvalue weighted by atomic mass is 32.2. The van der Waals surface area contributed by atoms with Gasteiger partial charge in [-0.1, -0.05) is 23.9 Å². The Morgan fingerprint density at radius 1 is 1.08 bits per heavy atom. The Labute approximate surface area is 148 Å². The summed E-state index contributed by atoms with van der Waals surface area (Å²) < 4.78 is 66.9. The fourth-order valence-corrected chi connectivity index (χ4v) is 2.81. The minimum atomic E-state index is -5.65. The zero-order chi connectivity index (χ0) is 18.8. The quantitative estimate of drug-likeness (QED) is 0.485. The molecular formula is C16H12F5N3OS. The molecule has 2 aromatic heterocycles. The van der Waals surface area contributed by atoms with Crippen molar-refractivity contribution in [3.8, 4) is 5.75 Å². The van der Waals surface area contributed by atoms with Crippen molar-refractivity contribution in [3.63, 3.8) is 0 Å². The molecule has 0 aliphatic rings. The van der Waals surface area contributed by atoms with Gasteiger partial charge in [0, 0.05) is 18.0 Å². The topological polar surface area (TPSA) is 50.8 Å². The number of para-hydroxylation sites is 2. The second-order valence-electron chi connectivity index (χ2n) is 5.32. The first kappa shape index (κ1) is 18.4. The van der Waals surface area contributed by atoms with Crippen LogP contribution in [0.2, 0.25) is 0 Å². The maximum Gasteiger partial charge on any atom is 0.456 e. The maximum atomic E-state index is 12.9. The maximum absolute atomic E-state index is 12.9. The van der Waals surface area contributed by atoms with Gasteiger partial charge in [0.05, 0.1) is 16.7 Å². The molecule has 0 radical (unpaired) electrons. The van der Waals surface area contributed by atoms with E-state index < -0.39 is 18.7 Å². The lowest BCUT2D eigenvalue weighted by molar-refractivity contribution is -0.290. The summed E-state index contributed by atoms with van der Waals surface area (Å²) in [7, 11) is 0. The number of thioether (sulfide) groups is 1. The van der Waals surface area contributed by atoms with E-state index >= 15 is 0 Å². The van der Waals surface area contributed by atoms with E-state index in [1.54, 1.807) is 0 Å². The molecule has 0 spiro atoms. The highest BCUT2D eigenvalue weighted by Crippen LogP contribution is 2.35. The van der Waals surface area contributed by atoms with Crippen molar-refractivity contribution in [1.29, 1.82) is 0 Å². The van der Waals surface area contributed by atoms with E-state index in [4.69, 9.17) is 0 Å². The van der Waals surface area contributed by atoms with Crippen molar-refractivity contribution in [2.24, 2.45) is 0 Å². The number of hydrogen-bond acceptors (Lipinski definition) is 4. The third kappa shape index (κ3) is 4.24. The number of hydrogen-bond donors (Lipinski definition) is 1. The van der Waals surface area contributed by atoms with Crippen LogP contribution in [0, 0.1) is 0 Å². The lowest BCUT2D eigenvalue weighted by Gasteiger charge is -2.19. The Morgan fingerprint density at radius 3 is 2.58 bits per heavy atom. The van der Waals surface area contributed by atoms with Gasteiger partial charge in [-0.2, -0.15) is 22.0 Å². The first-order valence-electron chi connectivity index (χ1n) is 7.34. The van der Waals surface area contributed by atoms with Crippen LogP contribution in [0.4, 0.5) is 22.0 Å². The number of ether oxygens (including phenoxy) is 1. The lowest BCUT2D eigenvalue weighted by atomic mass is 10.3. The molecule has 1 N–H and O–H groups in total. The zero-order valence-corrected chi connectivity index (χ0v) is 13.9. The standard InChI is InChI=1S/C16H12F5N3OS/c17-15(18,16(19,20)21)9-25-11-5-6-22-10(7-11)8-26-14-23-12-3-1-2-4-13(12)24-14/h1-7H,8-9H2,(H,23,24). The van der Waals surface area contributed by atoms with Crippen LogP contribution in [0.25, 0.3) is 11.0 Å².